The standard InChI is InChI=1S/C18H14N2O6S/c1-25-17(23)12-5-3-2-4-11(12)13-7-6-10(26-13)8-14-16(22)20(9-15(19)21)18(24)27-14/h2-8H,9H2,1H3,(H2,19,21)/b14-8-. The number of carbonyl (C=O) groups excluding carboxylic acids is 4. The van der Waals surface area contributed by atoms with Gasteiger partial charge < -0.3 is 14.9 Å². The lowest BCUT2D eigenvalue weighted by atomic mass is 10.1. The van der Waals surface area contributed by atoms with Crippen molar-refractivity contribution in [3.63, 3.8) is 0 Å². The van der Waals surface area contributed by atoms with E-state index in [9.17, 15) is 19.2 Å². The number of esters is 1. The summed E-state index contributed by atoms with van der Waals surface area (Å²) in [6, 6.07) is 10.0. The smallest absolute Gasteiger partial charge is 0.338 e. The number of primary amides is 1. The van der Waals surface area contributed by atoms with Crippen molar-refractivity contribution in [2.24, 2.45) is 5.73 Å². The fourth-order valence-electron chi connectivity index (χ4n) is 2.48. The van der Waals surface area contributed by atoms with Crippen LogP contribution in [-0.2, 0) is 14.3 Å². The molecule has 2 N–H and O–H groups in total. The summed E-state index contributed by atoms with van der Waals surface area (Å²) >= 11 is 0.692. The van der Waals surface area contributed by atoms with Crippen LogP contribution in [0.15, 0.2) is 45.7 Å². The van der Waals surface area contributed by atoms with Gasteiger partial charge in [0.25, 0.3) is 11.1 Å². The van der Waals surface area contributed by atoms with E-state index in [2.05, 4.69) is 0 Å². The van der Waals surface area contributed by atoms with Crippen LogP contribution in [0.3, 0.4) is 0 Å². The third-order valence-corrected chi connectivity index (χ3v) is 4.59. The number of nitrogens with zero attached hydrogens (tertiary/aromatic N) is 1. The number of rotatable bonds is 5. The number of imide groups is 1. The first kappa shape index (κ1) is 18.5. The van der Waals surface area contributed by atoms with E-state index >= 15 is 0 Å². The average Bonchev–Trinajstić information content (AvgIpc) is 3.21. The van der Waals surface area contributed by atoms with Crippen LogP contribution in [0, 0.1) is 0 Å². The van der Waals surface area contributed by atoms with E-state index in [1.807, 2.05) is 0 Å². The second kappa shape index (κ2) is 7.50. The summed E-state index contributed by atoms with van der Waals surface area (Å²) in [7, 11) is 1.29. The molecule has 3 amide bonds. The predicted molar refractivity (Wildman–Crippen MR) is 97.4 cm³/mol. The quantitative estimate of drug-likeness (QED) is 0.618. The van der Waals surface area contributed by atoms with Gasteiger partial charge in [0, 0.05) is 11.6 Å². The number of amides is 3. The molecular formula is C18H14N2O6S. The lowest BCUT2D eigenvalue weighted by Gasteiger charge is -2.08. The zero-order chi connectivity index (χ0) is 19.6. The summed E-state index contributed by atoms with van der Waals surface area (Å²) in [4.78, 5) is 47.8. The van der Waals surface area contributed by atoms with E-state index in [0.29, 0.717) is 34.4 Å². The van der Waals surface area contributed by atoms with Gasteiger partial charge in [0.15, 0.2) is 0 Å². The lowest BCUT2D eigenvalue weighted by molar-refractivity contribution is -0.127. The van der Waals surface area contributed by atoms with Crippen molar-refractivity contribution in [1.29, 1.82) is 0 Å². The molecule has 0 radical (unpaired) electrons. The molecule has 1 fully saturated rings. The maximum absolute atomic E-state index is 12.2. The summed E-state index contributed by atoms with van der Waals surface area (Å²) in [5, 5.41) is -0.576. The second-order valence-electron chi connectivity index (χ2n) is 5.47. The minimum atomic E-state index is -0.779. The second-order valence-corrected chi connectivity index (χ2v) is 6.47. The third-order valence-electron chi connectivity index (χ3n) is 3.69. The summed E-state index contributed by atoms with van der Waals surface area (Å²) in [5.74, 6) is -1.18. The van der Waals surface area contributed by atoms with Crippen LogP contribution in [0.4, 0.5) is 4.79 Å². The van der Waals surface area contributed by atoms with Crippen molar-refractivity contribution in [2.45, 2.75) is 0 Å². The van der Waals surface area contributed by atoms with Gasteiger partial charge in [0.1, 0.15) is 18.1 Å². The Morgan fingerprint density at radius 1 is 1.22 bits per heavy atom. The summed E-state index contributed by atoms with van der Waals surface area (Å²) in [6.45, 7) is -0.474. The molecule has 0 saturated carbocycles. The average molecular weight is 386 g/mol. The number of nitrogens with two attached hydrogens (primary N) is 1. The molecule has 0 spiro atoms. The minimum Gasteiger partial charge on any atom is -0.465 e. The first-order valence-electron chi connectivity index (χ1n) is 7.72. The molecule has 0 aliphatic carbocycles. The number of benzene rings is 1. The van der Waals surface area contributed by atoms with Crippen LogP contribution in [0.2, 0.25) is 0 Å². The zero-order valence-corrected chi connectivity index (χ0v) is 14.9. The molecule has 1 aromatic heterocycles. The van der Waals surface area contributed by atoms with E-state index in [0.717, 1.165) is 4.90 Å². The van der Waals surface area contributed by atoms with Gasteiger partial charge in [-0.25, -0.2) is 4.79 Å². The normalized spacial score (nSPS) is 15.4. The summed E-state index contributed by atoms with van der Waals surface area (Å²) < 4.78 is 10.5. The number of hydrogen-bond acceptors (Lipinski definition) is 7. The molecule has 2 heterocycles. The van der Waals surface area contributed by atoms with Crippen LogP contribution < -0.4 is 5.73 Å². The molecule has 27 heavy (non-hydrogen) atoms. The van der Waals surface area contributed by atoms with Gasteiger partial charge in [0.2, 0.25) is 5.91 Å². The molecule has 1 aromatic carbocycles. The van der Waals surface area contributed by atoms with Crippen LogP contribution >= 0.6 is 11.8 Å². The lowest BCUT2D eigenvalue weighted by Crippen LogP contribution is -2.36. The van der Waals surface area contributed by atoms with Gasteiger partial charge in [-0.1, -0.05) is 18.2 Å². The number of methoxy groups -OCH3 is 1. The Hall–Kier alpha value is -3.33. The van der Waals surface area contributed by atoms with Crippen molar-refractivity contribution < 1.29 is 28.3 Å². The van der Waals surface area contributed by atoms with Gasteiger partial charge in [0.05, 0.1) is 17.6 Å². The van der Waals surface area contributed by atoms with Gasteiger partial charge in [-0.15, -0.1) is 0 Å². The monoisotopic (exact) mass is 386 g/mol. The Balaban J connectivity index is 1.89. The molecule has 1 aliphatic rings. The Bertz CT molecular complexity index is 978. The number of thioether (sulfide) groups is 1. The van der Waals surface area contributed by atoms with Gasteiger partial charge >= 0.3 is 5.97 Å². The largest absolute Gasteiger partial charge is 0.465 e. The van der Waals surface area contributed by atoms with E-state index in [4.69, 9.17) is 14.9 Å². The molecule has 1 aliphatic heterocycles. The number of carbonyl (C=O) groups is 4. The predicted octanol–water partition coefficient (Wildman–Crippen LogP) is 2.25. The van der Waals surface area contributed by atoms with Crippen LogP contribution in [0.25, 0.3) is 17.4 Å². The Labute approximate surface area is 157 Å². The van der Waals surface area contributed by atoms with Crippen molar-refractivity contribution in [3.05, 3.63) is 52.6 Å². The molecule has 0 bridgehead atoms. The molecule has 138 valence electrons. The first-order chi connectivity index (χ1) is 12.9. The highest BCUT2D eigenvalue weighted by atomic mass is 32.2. The summed E-state index contributed by atoms with van der Waals surface area (Å²) in [5.41, 5.74) is 5.91. The maximum atomic E-state index is 12.2. The Morgan fingerprint density at radius 2 is 1.96 bits per heavy atom. The fraction of sp³-hybridized carbons (Fsp3) is 0.111. The highest BCUT2D eigenvalue weighted by Crippen LogP contribution is 2.33. The molecular weight excluding hydrogens is 372 g/mol. The van der Waals surface area contributed by atoms with Crippen molar-refractivity contribution in [3.8, 4) is 11.3 Å². The topological polar surface area (TPSA) is 120 Å². The molecule has 3 rings (SSSR count). The van der Waals surface area contributed by atoms with Crippen LogP contribution in [0.5, 0.6) is 0 Å². The Morgan fingerprint density at radius 3 is 2.67 bits per heavy atom. The SMILES string of the molecule is COC(=O)c1ccccc1-c1ccc(/C=C2\SC(=O)N(CC(N)=O)C2=O)o1. The van der Waals surface area contributed by atoms with Crippen LogP contribution in [-0.4, -0.2) is 41.6 Å². The number of ether oxygens (including phenoxy) is 1. The third kappa shape index (κ3) is 3.77. The molecule has 0 unspecified atom stereocenters. The van der Waals surface area contributed by atoms with Crippen molar-refractivity contribution >= 4 is 40.9 Å². The number of hydrogen-bond donors (Lipinski definition) is 1. The summed E-state index contributed by atoms with van der Waals surface area (Å²) in [6.07, 6.45) is 1.40. The molecule has 0 atom stereocenters. The van der Waals surface area contributed by atoms with Crippen molar-refractivity contribution in [2.75, 3.05) is 13.7 Å². The molecule has 1 saturated heterocycles. The van der Waals surface area contributed by atoms with E-state index in [1.165, 1.54) is 13.2 Å². The molecule has 8 nitrogen and oxygen atoms in total. The molecule has 9 heteroatoms. The van der Waals surface area contributed by atoms with Gasteiger partial charge in [-0.05, 0) is 30.0 Å². The maximum Gasteiger partial charge on any atom is 0.338 e. The Kier molecular flexibility index (Phi) is 5.13. The zero-order valence-electron chi connectivity index (χ0n) is 14.1. The first-order valence-corrected chi connectivity index (χ1v) is 8.53. The van der Waals surface area contributed by atoms with E-state index in [-0.39, 0.29) is 4.91 Å². The van der Waals surface area contributed by atoms with Crippen LogP contribution in [0.1, 0.15) is 16.1 Å². The highest BCUT2D eigenvalue weighted by molar-refractivity contribution is 8.18. The minimum absolute atomic E-state index is 0.114. The number of furan rings is 1. The highest BCUT2D eigenvalue weighted by Gasteiger charge is 2.36. The van der Waals surface area contributed by atoms with Crippen molar-refractivity contribution in [1.82, 2.24) is 4.90 Å². The van der Waals surface area contributed by atoms with E-state index < -0.39 is 29.6 Å². The van der Waals surface area contributed by atoms with Gasteiger partial charge in [-0.3, -0.25) is 19.3 Å². The van der Waals surface area contributed by atoms with E-state index in [1.54, 1.807) is 36.4 Å². The molecule has 2 aromatic rings. The fourth-order valence-corrected chi connectivity index (χ4v) is 3.30. The van der Waals surface area contributed by atoms with Gasteiger partial charge in [-0.2, -0.15) is 0 Å².